The minimum atomic E-state index is -0.535. The smallest absolute Gasteiger partial charge is 0.357 e. The summed E-state index contributed by atoms with van der Waals surface area (Å²) in [6.45, 7) is 3.34. The van der Waals surface area contributed by atoms with Gasteiger partial charge in [-0.05, 0) is 42.7 Å². The van der Waals surface area contributed by atoms with E-state index in [0.29, 0.717) is 23.1 Å². The zero-order chi connectivity index (χ0) is 18.8. The van der Waals surface area contributed by atoms with Crippen molar-refractivity contribution < 1.29 is 13.9 Å². The Morgan fingerprint density at radius 2 is 2.07 bits per heavy atom. The number of carbonyl (C=O) groups excluding carboxylic acids is 1. The van der Waals surface area contributed by atoms with E-state index in [1.807, 2.05) is 17.1 Å². The third-order valence-electron chi connectivity index (χ3n) is 4.59. The second kappa shape index (κ2) is 7.19. The number of benzene rings is 2. The molecule has 6 nitrogen and oxygen atoms in total. The van der Waals surface area contributed by atoms with Crippen LogP contribution in [0.4, 0.5) is 10.1 Å². The molecule has 1 aliphatic rings. The van der Waals surface area contributed by atoms with Gasteiger partial charge < -0.3 is 9.72 Å². The standard InChI is InChI=1S/C20H19FN4O2/c1-2-27-20(26)19-18(16-11-15(21)7-8-17(16)22-19)23-24-25-10-9-13-5-3-4-6-14(13)12-25/h3-8,11,22H,2,9-10,12H2,1H3. The van der Waals surface area contributed by atoms with Crippen LogP contribution in [-0.2, 0) is 17.7 Å². The third kappa shape index (κ3) is 3.40. The van der Waals surface area contributed by atoms with Gasteiger partial charge in [0.1, 0.15) is 11.5 Å². The van der Waals surface area contributed by atoms with Gasteiger partial charge in [-0.2, -0.15) is 0 Å². The average molecular weight is 366 g/mol. The van der Waals surface area contributed by atoms with Crippen molar-refractivity contribution >= 4 is 22.6 Å². The highest BCUT2D eigenvalue weighted by atomic mass is 19.1. The third-order valence-corrected chi connectivity index (χ3v) is 4.59. The predicted octanol–water partition coefficient (Wildman–Crippen LogP) is 4.54. The summed E-state index contributed by atoms with van der Waals surface area (Å²) in [5.41, 5.74) is 3.60. The second-order valence-electron chi connectivity index (χ2n) is 6.36. The first-order valence-corrected chi connectivity index (χ1v) is 8.87. The Labute approximate surface area is 155 Å². The van der Waals surface area contributed by atoms with Crippen LogP contribution in [0.25, 0.3) is 10.9 Å². The number of ether oxygens (including phenoxy) is 1. The predicted molar refractivity (Wildman–Crippen MR) is 99.3 cm³/mol. The van der Waals surface area contributed by atoms with Crippen molar-refractivity contribution in [1.29, 1.82) is 0 Å². The molecule has 1 aliphatic heterocycles. The van der Waals surface area contributed by atoms with Gasteiger partial charge in [-0.25, -0.2) is 9.18 Å². The van der Waals surface area contributed by atoms with E-state index < -0.39 is 11.8 Å². The zero-order valence-corrected chi connectivity index (χ0v) is 14.9. The van der Waals surface area contributed by atoms with Crippen molar-refractivity contribution in [1.82, 2.24) is 9.99 Å². The second-order valence-corrected chi connectivity index (χ2v) is 6.36. The minimum Gasteiger partial charge on any atom is -0.461 e. The fourth-order valence-electron chi connectivity index (χ4n) is 3.27. The highest BCUT2D eigenvalue weighted by Gasteiger charge is 2.20. The Kier molecular flexibility index (Phi) is 4.58. The van der Waals surface area contributed by atoms with Gasteiger partial charge >= 0.3 is 5.97 Å². The summed E-state index contributed by atoms with van der Waals surface area (Å²) in [4.78, 5) is 15.2. The number of esters is 1. The number of hydrogen-bond donors (Lipinski definition) is 1. The molecular formula is C20H19FN4O2. The number of H-pyrrole nitrogens is 1. The number of rotatable bonds is 4. The van der Waals surface area contributed by atoms with Gasteiger partial charge in [-0.3, -0.25) is 5.01 Å². The van der Waals surface area contributed by atoms with Gasteiger partial charge in [-0.15, -0.1) is 5.11 Å². The van der Waals surface area contributed by atoms with Gasteiger partial charge in [-0.1, -0.05) is 29.5 Å². The summed E-state index contributed by atoms with van der Waals surface area (Å²) in [5, 5.41) is 10.9. The molecule has 138 valence electrons. The maximum atomic E-state index is 13.7. The molecule has 3 aromatic rings. The van der Waals surface area contributed by atoms with Crippen LogP contribution >= 0.6 is 0 Å². The van der Waals surface area contributed by atoms with E-state index in [2.05, 4.69) is 27.5 Å². The molecule has 0 aliphatic carbocycles. The molecule has 4 rings (SSSR count). The van der Waals surface area contributed by atoms with E-state index in [-0.39, 0.29) is 12.3 Å². The molecule has 0 spiro atoms. The highest BCUT2D eigenvalue weighted by Crippen LogP contribution is 2.32. The van der Waals surface area contributed by atoms with Crippen molar-refractivity contribution in [3.8, 4) is 0 Å². The fraction of sp³-hybridized carbons (Fsp3) is 0.250. The quantitative estimate of drug-likeness (QED) is 0.544. The average Bonchev–Trinajstić information content (AvgIpc) is 3.04. The Morgan fingerprint density at radius 3 is 2.89 bits per heavy atom. The minimum absolute atomic E-state index is 0.179. The lowest BCUT2D eigenvalue weighted by molar-refractivity contribution is 0.0521. The first-order valence-electron chi connectivity index (χ1n) is 8.87. The van der Waals surface area contributed by atoms with Gasteiger partial charge in [0.15, 0.2) is 5.69 Å². The maximum absolute atomic E-state index is 13.7. The van der Waals surface area contributed by atoms with E-state index in [0.717, 1.165) is 13.0 Å². The van der Waals surface area contributed by atoms with Crippen LogP contribution in [-0.4, -0.2) is 29.1 Å². The number of nitrogens with zero attached hydrogens (tertiary/aromatic N) is 3. The van der Waals surface area contributed by atoms with E-state index in [1.54, 1.807) is 13.0 Å². The Morgan fingerprint density at radius 1 is 1.26 bits per heavy atom. The lowest BCUT2D eigenvalue weighted by atomic mass is 10.0. The Hall–Kier alpha value is -3.22. The van der Waals surface area contributed by atoms with Crippen LogP contribution in [0.15, 0.2) is 52.8 Å². The summed E-state index contributed by atoms with van der Waals surface area (Å²) >= 11 is 0. The van der Waals surface area contributed by atoms with Crippen LogP contribution in [0.3, 0.4) is 0 Å². The van der Waals surface area contributed by atoms with E-state index in [4.69, 9.17) is 4.74 Å². The lowest BCUT2D eigenvalue weighted by Crippen LogP contribution is -2.25. The lowest BCUT2D eigenvalue weighted by Gasteiger charge is -2.24. The molecule has 0 unspecified atom stereocenters. The largest absolute Gasteiger partial charge is 0.461 e. The highest BCUT2D eigenvalue weighted by molar-refractivity contribution is 6.04. The van der Waals surface area contributed by atoms with E-state index >= 15 is 0 Å². The molecule has 0 bridgehead atoms. The van der Waals surface area contributed by atoms with E-state index in [9.17, 15) is 9.18 Å². The number of nitrogens with one attached hydrogen (secondary N) is 1. The Balaban J connectivity index is 1.68. The molecule has 0 atom stereocenters. The molecule has 2 heterocycles. The number of aromatic nitrogens is 1. The van der Waals surface area contributed by atoms with Gasteiger partial charge in [0.25, 0.3) is 0 Å². The number of aromatic amines is 1. The first-order chi connectivity index (χ1) is 13.2. The zero-order valence-electron chi connectivity index (χ0n) is 14.9. The number of halogens is 1. The Bertz CT molecular complexity index is 1030. The van der Waals surface area contributed by atoms with Crippen LogP contribution in [0.5, 0.6) is 0 Å². The molecule has 0 radical (unpaired) electrons. The number of hydrogen-bond acceptors (Lipinski definition) is 4. The maximum Gasteiger partial charge on any atom is 0.357 e. The fourth-order valence-corrected chi connectivity index (χ4v) is 3.27. The topological polar surface area (TPSA) is 70.0 Å². The first kappa shape index (κ1) is 17.2. The number of carbonyl (C=O) groups is 1. The summed E-state index contributed by atoms with van der Waals surface area (Å²) in [6.07, 6.45) is 0.877. The molecule has 0 saturated heterocycles. The molecular weight excluding hydrogens is 347 g/mol. The van der Waals surface area contributed by atoms with Crippen LogP contribution in [0.2, 0.25) is 0 Å². The van der Waals surface area contributed by atoms with Crippen LogP contribution in [0.1, 0.15) is 28.5 Å². The van der Waals surface area contributed by atoms with Crippen molar-refractivity contribution in [2.75, 3.05) is 13.2 Å². The SMILES string of the molecule is CCOC(=O)c1[nH]c2ccc(F)cc2c1N=NN1CCc2ccccc2C1. The number of fused-ring (bicyclic) bond motifs is 2. The molecule has 0 saturated carbocycles. The van der Waals surface area contributed by atoms with Crippen molar-refractivity contribution in [3.63, 3.8) is 0 Å². The summed E-state index contributed by atoms with van der Waals surface area (Å²) < 4.78 is 18.8. The molecule has 0 amide bonds. The van der Waals surface area contributed by atoms with Crippen molar-refractivity contribution in [3.05, 3.63) is 65.1 Å². The molecule has 1 N–H and O–H groups in total. The summed E-state index contributed by atoms with van der Waals surface area (Å²) in [5.74, 6) is -0.938. The molecule has 7 heteroatoms. The molecule has 1 aromatic heterocycles. The van der Waals surface area contributed by atoms with E-state index in [1.165, 1.54) is 23.3 Å². The van der Waals surface area contributed by atoms with Gasteiger partial charge in [0.2, 0.25) is 0 Å². The molecule has 27 heavy (non-hydrogen) atoms. The van der Waals surface area contributed by atoms with Crippen LogP contribution < -0.4 is 0 Å². The summed E-state index contributed by atoms with van der Waals surface area (Å²) in [7, 11) is 0. The summed E-state index contributed by atoms with van der Waals surface area (Å²) in [6, 6.07) is 12.5. The van der Waals surface area contributed by atoms with Gasteiger partial charge in [0, 0.05) is 17.4 Å². The van der Waals surface area contributed by atoms with Crippen molar-refractivity contribution in [2.24, 2.45) is 10.3 Å². The van der Waals surface area contributed by atoms with Crippen LogP contribution in [0, 0.1) is 5.82 Å². The molecule has 2 aromatic carbocycles. The molecule has 0 fully saturated rings. The van der Waals surface area contributed by atoms with Crippen molar-refractivity contribution in [2.45, 2.75) is 19.9 Å². The monoisotopic (exact) mass is 366 g/mol. The van der Waals surface area contributed by atoms with Gasteiger partial charge in [0.05, 0.1) is 13.2 Å². The normalized spacial score (nSPS) is 13.9.